The molecule has 0 radical (unpaired) electrons. The smallest absolute Gasteiger partial charge is 0.326 e. The van der Waals surface area contributed by atoms with Gasteiger partial charge in [-0.3, -0.25) is 4.79 Å². The number of carboxylic acids is 1. The Labute approximate surface area is 124 Å². The summed E-state index contributed by atoms with van der Waals surface area (Å²) in [5.41, 5.74) is 0. The molecule has 0 fully saturated rings. The van der Waals surface area contributed by atoms with Gasteiger partial charge in [-0.2, -0.15) is 0 Å². The quantitative estimate of drug-likeness (QED) is 0.726. The predicted octanol–water partition coefficient (Wildman–Crippen LogP) is 1.83. The number of carboxylic acid groups (broad SMARTS) is 1. The van der Waals surface area contributed by atoms with Crippen molar-refractivity contribution < 1.29 is 24.2 Å². The standard InChI is InChI=1S/C15H21NO5/c1-3-9-20-11-5-7-12(8-6-11)21-10-14(17)16-13(4-2)15(18)19/h5-8,13H,3-4,9-10H2,1-2H3,(H,16,17)(H,18,19). The van der Waals surface area contributed by atoms with Gasteiger partial charge in [0.15, 0.2) is 6.61 Å². The Balaban J connectivity index is 2.40. The molecule has 1 aromatic carbocycles. The summed E-state index contributed by atoms with van der Waals surface area (Å²) in [5, 5.41) is 11.2. The number of carbonyl (C=O) groups is 2. The Kier molecular flexibility index (Phi) is 7.08. The molecule has 1 atom stereocenters. The van der Waals surface area contributed by atoms with E-state index in [2.05, 4.69) is 5.32 Å². The molecule has 0 aliphatic rings. The maximum Gasteiger partial charge on any atom is 0.326 e. The van der Waals surface area contributed by atoms with Crippen LogP contribution in [0.25, 0.3) is 0 Å². The first-order valence-corrected chi connectivity index (χ1v) is 6.94. The number of nitrogens with one attached hydrogen (secondary N) is 1. The van der Waals surface area contributed by atoms with Crippen molar-refractivity contribution in [1.29, 1.82) is 0 Å². The average molecular weight is 295 g/mol. The maximum absolute atomic E-state index is 11.6. The van der Waals surface area contributed by atoms with Crippen LogP contribution in [0.15, 0.2) is 24.3 Å². The molecule has 1 unspecified atom stereocenters. The van der Waals surface area contributed by atoms with Gasteiger partial charge in [0.05, 0.1) is 6.61 Å². The molecule has 116 valence electrons. The van der Waals surface area contributed by atoms with Crippen LogP contribution < -0.4 is 14.8 Å². The molecule has 21 heavy (non-hydrogen) atoms. The minimum absolute atomic E-state index is 0.223. The molecule has 6 nitrogen and oxygen atoms in total. The molecular weight excluding hydrogens is 274 g/mol. The Hall–Kier alpha value is -2.24. The molecule has 0 aromatic heterocycles. The largest absolute Gasteiger partial charge is 0.494 e. The van der Waals surface area contributed by atoms with Gasteiger partial charge in [0, 0.05) is 0 Å². The third kappa shape index (κ3) is 6.16. The van der Waals surface area contributed by atoms with Crippen molar-refractivity contribution in [2.45, 2.75) is 32.7 Å². The minimum atomic E-state index is -1.05. The van der Waals surface area contributed by atoms with E-state index in [9.17, 15) is 9.59 Å². The molecule has 1 rings (SSSR count). The lowest BCUT2D eigenvalue weighted by Gasteiger charge is -2.13. The van der Waals surface area contributed by atoms with Crippen molar-refractivity contribution >= 4 is 11.9 Å². The van der Waals surface area contributed by atoms with Crippen LogP contribution in [0.5, 0.6) is 11.5 Å². The van der Waals surface area contributed by atoms with Gasteiger partial charge in [0.25, 0.3) is 5.91 Å². The first-order valence-electron chi connectivity index (χ1n) is 6.94. The van der Waals surface area contributed by atoms with Crippen LogP contribution in [0.4, 0.5) is 0 Å². The lowest BCUT2D eigenvalue weighted by molar-refractivity contribution is -0.142. The Bertz CT molecular complexity index is 458. The molecule has 0 saturated carbocycles. The van der Waals surface area contributed by atoms with Crippen LogP contribution in [-0.2, 0) is 9.59 Å². The van der Waals surface area contributed by atoms with Crippen LogP contribution in [-0.4, -0.2) is 36.2 Å². The molecular formula is C15H21NO5. The molecule has 2 N–H and O–H groups in total. The van der Waals surface area contributed by atoms with Gasteiger partial charge in [-0.1, -0.05) is 13.8 Å². The number of amides is 1. The highest BCUT2D eigenvalue weighted by molar-refractivity contribution is 5.84. The summed E-state index contributed by atoms with van der Waals surface area (Å²) < 4.78 is 10.7. The highest BCUT2D eigenvalue weighted by Crippen LogP contribution is 2.17. The minimum Gasteiger partial charge on any atom is -0.494 e. The maximum atomic E-state index is 11.6. The zero-order valence-electron chi connectivity index (χ0n) is 12.3. The number of rotatable bonds is 9. The molecule has 0 aliphatic heterocycles. The van der Waals surface area contributed by atoms with Crippen molar-refractivity contribution in [3.05, 3.63) is 24.3 Å². The van der Waals surface area contributed by atoms with E-state index in [4.69, 9.17) is 14.6 Å². The summed E-state index contributed by atoms with van der Waals surface area (Å²) in [5.74, 6) is -0.248. The normalized spacial score (nSPS) is 11.5. The van der Waals surface area contributed by atoms with Crippen molar-refractivity contribution in [1.82, 2.24) is 5.32 Å². The lowest BCUT2D eigenvalue weighted by Crippen LogP contribution is -2.42. The van der Waals surface area contributed by atoms with Crippen LogP contribution in [0.1, 0.15) is 26.7 Å². The Morgan fingerprint density at radius 2 is 1.71 bits per heavy atom. The summed E-state index contributed by atoms with van der Waals surface area (Å²) in [7, 11) is 0. The molecule has 1 amide bonds. The number of ether oxygens (including phenoxy) is 2. The molecule has 0 aliphatic carbocycles. The van der Waals surface area contributed by atoms with Crippen molar-refractivity contribution in [3.63, 3.8) is 0 Å². The van der Waals surface area contributed by atoms with E-state index < -0.39 is 17.9 Å². The molecule has 0 saturated heterocycles. The van der Waals surface area contributed by atoms with E-state index in [1.807, 2.05) is 6.92 Å². The highest BCUT2D eigenvalue weighted by Gasteiger charge is 2.17. The topological polar surface area (TPSA) is 84.9 Å². The van der Waals surface area contributed by atoms with E-state index in [0.29, 0.717) is 18.8 Å². The third-order valence-corrected chi connectivity index (χ3v) is 2.71. The number of hydrogen-bond donors (Lipinski definition) is 2. The number of carbonyl (C=O) groups excluding carboxylic acids is 1. The molecule has 0 spiro atoms. The van der Waals surface area contributed by atoms with Crippen molar-refractivity contribution in [2.24, 2.45) is 0 Å². The zero-order valence-corrected chi connectivity index (χ0v) is 12.3. The van der Waals surface area contributed by atoms with Gasteiger partial charge in [0.1, 0.15) is 17.5 Å². The second kappa shape index (κ2) is 8.84. The highest BCUT2D eigenvalue weighted by atomic mass is 16.5. The van der Waals surface area contributed by atoms with E-state index in [1.165, 1.54) is 0 Å². The fourth-order valence-corrected chi connectivity index (χ4v) is 1.58. The van der Waals surface area contributed by atoms with E-state index in [-0.39, 0.29) is 6.61 Å². The van der Waals surface area contributed by atoms with Crippen molar-refractivity contribution in [2.75, 3.05) is 13.2 Å². The molecule has 0 bridgehead atoms. The van der Waals surface area contributed by atoms with Gasteiger partial charge >= 0.3 is 5.97 Å². The summed E-state index contributed by atoms with van der Waals surface area (Å²) in [6, 6.07) is 6.04. The van der Waals surface area contributed by atoms with Crippen LogP contribution in [0.2, 0.25) is 0 Å². The first kappa shape index (κ1) is 16.8. The van der Waals surface area contributed by atoms with E-state index in [0.717, 1.165) is 12.2 Å². The second-order valence-corrected chi connectivity index (χ2v) is 4.48. The summed E-state index contributed by atoms with van der Waals surface area (Å²) in [6.07, 6.45) is 1.26. The fraction of sp³-hybridized carbons (Fsp3) is 0.467. The summed E-state index contributed by atoms with van der Waals surface area (Å²) >= 11 is 0. The Morgan fingerprint density at radius 3 is 2.19 bits per heavy atom. The van der Waals surface area contributed by atoms with Crippen LogP contribution in [0.3, 0.4) is 0 Å². The fourth-order valence-electron chi connectivity index (χ4n) is 1.58. The average Bonchev–Trinajstić information content (AvgIpc) is 2.49. The van der Waals surface area contributed by atoms with Crippen LogP contribution in [0, 0.1) is 0 Å². The lowest BCUT2D eigenvalue weighted by atomic mass is 10.2. The van der Waals surface area contributed by atoms with Crippen LogP contribution >= 0.6 is 0 Å². The van der Waals surface area contributed by atoms with E-state index >= 15 is 0 Å². The molecule has 1 aromatic rings. The first-order chi connectivity index (χ1) is 10.1. The summed E-state index contributed by atoms with van der Waals surface area (Å²) in [4.78, 5) is 22.4. The van der Waals surface area contributed by atoms with E-state index in [1.54, 1.807) is 31.2 Å². The van der Waals surface area contributed by atoms with Gasteiger partial charge in [-0.25, -0.2) is 4.79 Å². The molecule has 6 heteroatoms. The second-order valence-electron chi connectivity index (χ2n) is 4.48. The number of benzene rings is 1. The third-order valence-electron chi connectivity index (χ3n) is 2.71. The predicted molar refractivity (Wildman–Crippen MR) is 77.6 cm³/mol. The summed E-state index contributed by atoms with van der Waals surface area (Å²) in [6.45, 7) is 4.14. The SMILES string of the molecule is CCCOc1ccc(OCC(=O)NC(CC)C(=O)O)cc1. The Morgan fingerprint density at radius 1 is 1.14 bits per heavy atom. The van der Waals surface area contributed by atoms with Crippen molar-refractivity contribution in [3.8, 4) is 11.5 Å². The molecule has 0 heterocycles. The number of aliphatic carboxylic acids is 1. The zero-order chi connectivity index (χ0) is 15.7. The number of hydrogen-bond acceptors (Lipinski definition) is 4. The van der Waals surface area contributed by atoms with Gasteiger partial charge in [-0.15, -0.1) is 0 Å². The monoisotopic (exact) mass is 295 g/mol. The van der Waals surface area contributed by atoms with Gasteiger partial charge in [0.2, 0.25) is 0 Å². The van der Waals surface area contributed by atoms with Gasteiger partial charge in [-0.05, 0) is 37.1 Å². The van der Waals surface area contributed by atoms with Gasteiger partial charge < -0.3 is 19.9 Å².